The van der Waals surface area contributed by atoms with Crippen LogP contribution in [0.5, 0.6) is 0 Å². The molecule has 1 fully saturated rings. The van der Waals surface area contributed by atoms with Crippen molar-refractivity contribution in [1.29, 1.82) is 0 Å². The zero-order valence-electron chi connectivity index (χ0n) is 13.4. The maximum Gasteiger partial charge on any atom is 0.0613 e. The average molecular weight is 270 g/mol. The smallest absolute Gasteiger partial charge is 0.0613 e. The monoisotopic (exact) mass is 270 g/mol. The molecule has 3 nitrogen and oxygen atoms in total. The molecular formula is C16H34N2O. The molecule has 19 heavy (non-hydrogen) atoms. The molecule has 0 radical (unpaired) electrons. The second-order valence-corrected chi connectivity index (χ2v) is 6.43. The van der Waals surface area contributed by atoms with Gasteiger partial charge in [-0.25, -0.2) is 0 Å². The number of nitrogens with zero attached hydrogens (tertiary/aromatic N) is 1. The summed E-state index contributed by atoms with van der Waals surface area (Å²) in [6.07, 6.45) is 7.28. The van der Waals surface area contributed by atoms with E-state index in [1.165, 1.54) is 38.8 Å². The number of hydrogen-bond donors (Lipinski definition) is 2. The first-order chi connectivity index (χ1) is 9.06. The lowest BCUT2D eigenvalue weighted by atomic mass is 9.90. The van der Waals surface area contributed by atoms with Crippen LogP contribution >= 0.6 is 0 Å². The molecule has 114 valence electrons. The van der Waals surface area contributed by atoms with E-state index in [1.54, 1.807) is 0 Å². The number of rotatable bonds is 9. The number of aliphatic hydroxyl groups is 1. The van der Waals surface area contributed by atoms with Gasteiger partial charge in [-0.15, -0.1) is 0 Å². The van der Waals surface area contributed by atoms with E-state index in [1.807, 2.05) is 0 Å². The van der Waals surface area contributed by atoms with Gasteiger partial charge in [0.15, 0.2) is 0 Å². The lowest BCUT2D eigenvalue weighted by Crippen LogP contribution is -2.51. The van der Waals surface area contributed by atoms with Gasteiger partial charge in [-0.3, -0.25) is 0 Å². The van der Waals surface area contributed by atoms with Crippen LogP contribution in [0.15, 0.2) is 0 Å². The molecule has 1 rings (SSSR count). The fourth-order valence-electron chi connectivity index (χ4n) is 3.47. The number of likely N-dealkylation sites (tertiary alicyclic amines) is 1. The highest BCUT2D eigenvalue weighted by molar-refractivity contribution is 4.88. The Kier molecular flexibility index (Phi) is 7.33. The number of nitrogens with one attached hydrogen (secondary N) is 1. The quantitative estimate of drug-likeness (QED) is 0.676. The topological polar surface area (TPSA) is 35.5 Å². The Hall–Kier alpha value is -0.120. The summed E-state index contributed by atoms with van der Waals surface area (Å²) < 4.78 is 0. The molecule has 0 saturated carbocycles. The van der Waals surface area contributed by atoms with E-state index in [2.05, 4.69) is 37.9 Å². The van der Waals surface area contributed by atoms with Gasteiger partial charge in [0.05, 0.1) is 6.61 Å². The molecule has 0 aromatic heterocycles. The molecule has 0 aliphatic carbocycles. The third kappa shape index (κ3) is 5.05. The van der Waals surface area contributed by atoms with Gasteiger partial charge in [-0.2, -0.15) is 0 Å². The molecule has 0 aromatic rings. The third-order valence-corrected chi connectivity index (χ3v) is 4.65. The van der Waals surface area contributed by atoms with Gasteiger partial charge in [0.2, 0.25) is 0 Å². The van der Waals surface area contributed by atoms with Crippen molar-refractivity contribution in [2.75, 3.05) is 19.7 Å². The summed E-state index contributed by atoms with van der Waals surface area (Å²) in [5.74, 6) is 0. The summed E-state index contributed by atoms with van der Waals surface area (Å²) in [4.78, 5) is 2.65. The molecule has 1 saturated heterocycles. The summed E-state index contributed by atoms with van der Waals surface area (Å²) in [5.41, 5.74) is -0.0738. The van der Waals surface area contributed by atoms with Crippen molar-refractivity contribution < 1.29 is 5.11 Å². The zero-order chi connectivity index (χ0) is 14.3. The second-order valence-electron chi connectivity index (χ2n) is 6.43. The van der Waals surface area contributed by atoms with Crippen molar-refractivity contribution in [2.24, 2.45) is 0 Å². The number of aliphatic hydroxyl groups excluding tert-OH is 1. The maximum absolute atomic E-state index is 9.74. The summed E-state index contributed by atoms with van der Waals surface area (Å²) in [7, 11) is 0. The van der Waals surface area contributed by atoms with Crippen molar-refractivity contribution in [3.63, 3.8) is 0 Å². The molecule has 1 heterocycles. The van der Waals surface area contributed by atoms with Gasteiger partial charge in [-0.05, 0) is 51.6 Å². The molecule has 1 aliphatic heterocycles. The van der Waals surface area contributed by atoms with Crippen LogP contribution < -0.4 is 5.32 Å². The first-order valence-corrected chi connectivity index (χ1v) is 8.19. The minimum atomic E-state index is -0.0738. The van der Waals surface area contributed by atoms with Crippen molar-refractivity contribution >= 4 is 0 Å². The first-order valence-electron chi connectivity index (χ1n) is 8.19. The standard InChI is InChI=1S/C16H34N2O/c1-5-15-9-7-11-18(15)12-8-10-16(6-2,13-19)17-14(3)4/h14-15,17,19H,5-13H2,1-4H3. The lowest BCUT2D eigenvalue weighted by Gasteiger charge is -2.35. The Balaban J connectivity index is 2.39. The van der Waals surface area contributed by atoms with E-state index in [0.717, 1.165) is 18.9 Å². The van der Waals surface area contributed by atoms with Crippen molar-refractivity contribution in [3.05, 3.63) is 0 Å². The lowest BCUT2D eigenvalue weighted by molar-refractivity contribution is 0.128. The van der Waals surface area contributed by atoms with E-state index in [9.17, 15) is 5.11 Å². The van der Waals surface area contributed by atoms with E-state index in [0.29, 0.717) is 6.04 Å². The Morgan fingerprint density at radius 2 is 2.11 bits per heavy atom. The predicted octanol–water partition coefficient (Wildman–Crippen LogP) is 2.78. The van der Waals surface area contributed by atoms with Crippen LogP contribution in [-0.4, -0.2) is 47.3 Å². The Morgan fingerprint density at radius 3 is 2.63 bits per heavy atom. The molecule has 2 unspecified atom stereocenters. The molecule has 3 heteroatoms. The van der Waals surface area contributed by atoms with E-state index < -0.39 is 0 Å². The molecule has 0 aromatic carbocycles. The van der Waals surface area contributed by atoms with Crippen LogP contribution in [-0.2, 0) is 0 Å². The summed E-state index contributed by atoms with van der Waals surface area (Å²) in [5, 5.41) is 13.3. The van der Waals surface area contributed by atoms with Crippen molar-refractivity contribution in [3.8, 4) is 0 Å². The van der Waals surface area contributed by atoms with Crippen LogP contribution in [0.4, 0.5) is 0 Å². The molecule has 0 spiro atoms. The van der Waals surface area contributed by atoms with E-state index in [4.69, 9.17) is 0 Å². The highest BCUT2D eigenvalue weighted by Gasteiger charge is 2.28. The summed E-state index contributed by atoms with van der Waals surface area (Å²) in [6.45, 7) is 11.5. The Labute approximate surface area is 119 Å². The van der Waals surface area contributed by atoms with Crippen LogP contribution in [0.1, 0.15) is 66.2 Å². The van der Waals surface area contributed by atoms with Gasteiger partial charge in [0.1, 0.15) is 0 Å². The Bertz CT molecular complexity index is 239. The van der Waals surface area contributed by atoms with E-state index in [-0.39, 0.29) is 12.1 Å². The summed E-state index contributed by atoms with van der Waals surface area (Å²) >= 11 is 0. The highest BCUT2D eigenvalue weighted by Crippen LogP contribution is 2.23. The zero-order valence-corrected chi connectivity index (χ0v) is 13.4. The maximum atomic E-state index is 9.74. The fraction of sp³-hybridized carbons (Fsp3) is 1.00. The molecule has 2 atom stereocenters. The SMILES string of the molecule is CCC1CCCN1CCCC(CC)(CO)NC(C)C. The van der Waals surface area contributed by atoms with Crippen LogP contribution in [0.3, 0.4) is 0 Å². The van der Waals surface area contributed by atoms with Gasteiger partial charge in [0, 0.05) is 17.6 Å². The van der Waals surface area contributed by atoms with Gasteiger partial charge < -0.3 is 15.3 Å². The normalized spacial score (nSPS) is 24.0. The fourth-order valence-corrected chi connectivity index (χ4v) is 3.47. The second kappa shape index (κ2) is 8.23. The molecule has 0 bridgehead atoms. The average Bonchev–Trinajstić information content (AvgIpc) is 2.84. The van der Waals surface area contributed by atoms with Gasteiger partial charge in [-0.1, -0.05) is 27.7 Å². The van der Waals surface area contributed by atoms with Crippen molar-refractivity contribution in [1.82, 2.24) is 10.2 Å². The molecule has 2 N–H and O–H groups in total. The minimum absolute atomic E-state index is 0.0738. The summed E-state index contributed by atoms with van der Waals surface area (Å²) in [6, 6.07) is 1.24. The molecule has 1 aliphatic rings. The largest absolute Gasteiger partial charge is 0.394 e. The predicted molar refractivity (Wildman–Crippen MR) is 82.5 cm³/mol. The van der Waals surface area contributed by atoms with Gasteiger partial charge in [0.25, 0.3) is 0 Å². The van der Waals surface area contributed by atoms with E-state index >= 15 is 0 Å². The molecular weight excluding hydrogens is 236 g/mol. The van der Waals surface area contributed by atoms with Crippen LogP contribution in [0, 0.1) is 0 Å². The van der Waals surface area contributed by atoms with Crippen LogP contribution in [0.2, 0.25) is 0 Å². The molecule has 0 amide bonds. The first kappa shape index (κ1) is 16.9. The van der Waals surface area contributed by atoms with Gasteiger partial charge >= 0.3 is 0 Å². The Morgan fingerprint density at radius 1 is 1.37 bits per heavy atom. The van der Waals surface area contributed by atoms with Crippen LogP contribution in [0.25, 0.3) is 0 Å². The third-order valence-electron chi connectivity index (χ3n) is 4.65. The minimum Gasteiger partial charge on any atom is -0.394 e. The highest BCUT2D eigenvalue weighted by atomic mass is 16.3. The number of hydrogen-bond acceptors (Lipinski definition) is 3. The van der Waals surface area contributed by atoms with Crippen molar-refractivity contribution in [2.45, 2.75) is 83.8 Å².